The summed E-state index contributed by atoms with van der Waals surface area (Å²) < 4.78 is 26.9. The van der Waals surface area contributed by atoms with Gasteiger partial charge < -0.3 is 19.7 Å². The lowest BCUT2D eigenvalue weighted by Crippen LogP contribution is -2.37. The molecular weight excluding hydrogens is 531 g/mol. The third kappa shape index (κ3) is 4.64. The summed E-state index contributed by atoms with van der Waals surface area (Å²) in [5, 5.41) is 2.97. The fourth-order valence-corrected chi connectivity index (χ4v) is 4.33. The summed E-state index contributed by atoms with van der Waals surface area (Å²) in [6.07, 6.45) is 0. The predicted molar refractivity (Wildman–Crippen MR) is 140 cm³/mol. The molecule has 0 spiro atoms. The molecular formula is C26H24BrFN4O4. The molecule has 8 nitrogen and oxygen atoms in total. The lowest BCUT2D eigenvalue weighted by molar-refractivity contribution is 0.205. The van der Waals surface area contributed by atoms with Gasteiger partial charge in [0.1, 0.15) is 23.1 Å². The zero-order valence-electron chi connectivity index (χ0n) is 20.1. The summed E-state index contributed by atoms with van der Waals surface area (Å²) in [5.74, 6) is 0.656. The van der Waals surface area contributed by atoms with E-state index >= 15 is 0 Å². The Hall–Kier alpha value is -3.92. The van der Waals surface area contributed by atoms with Gasteiger partial charge in [0.05, 0.1) is 47.0 Å². The van der Waals surface area contributed by atoms with Crippen molar-refractivity contribution in [1.29, 1.82) is 0 Å². The Balaban J connectivity index is 1.88. The highest BCUT2D eigenvalue weighted by atomic mass is 79.9. The number of rotatable bonds is 6. The van der Waals surface area contributed by atoms with Crippen LogP contribution >= 0.6 is 15.9 Å². The van der Waals surface area contributed by atoms with E-state index in [4.69, 9.17) is 14.5 Å². The number of methoxy groups -OCH3 is 2. The smallest absolute Gasteiger partial charge is 0.322 e. The van der Waals surface area contributed by atoms with E-state index in [9.17, 15) is 14.0 Å². The third-order valence-corrected chi connectivity index (χ3v) is 6.68. The number of ether oxygens (including phenoxy) is 2. The van der Waals surface area contributed by atoms with E-state index in [1.165, 1.54) is 41.9 Å². The molecule has 0 saturated heterocycles. The van der Waals surface area contributed by atoms with Gasteiger partial charge in [0.2, 0.25) is 0 Å². The number of anilines is 1. The number of hydrogen-bond donors (Lipinski definition) is 1. The van der Waals surface area contributed by atoms with Gasteiger partial charge in [-0.2, -0.15) is 0 Å². The van der Waals surface area contributed by atoms with Crippen LogP contribution in [-0.2, 0) is 0 Å². The van der Waals surface area contributed by atoms with Crippen LogP contribution in [0.1, 0.15) is 18.8 Å². The Kier molecular flexibility index (Phi) is 7.25. The Bertz CT molecular complexity index is 1510. The summed E-state index contributed by atoms with van der Waals surface area (Å²) in [4.78, 5) is 32.9. The number of benzene rings is 3. The van der Waals surface area contributed by atoms with Crippen LogP contribution in [0.25, 0.3) is 16.6 Å². The first-order valence-electron chi connectivity index (χ1n) is 11.0. The van der Waals surface area contributed by atoms with Crippen molar-refractivity contribution in [2.75, 3.05) is 26.6 Å². The minimum Gasteiger partial charge on any atom is -0.497 e. The number of urea groups is 1. The number of hydrogen-bond acceptors (Lipinski definition) is 5. The largest absolute Gasteiger partial charge is 0.497 e. The molecule has 1 heterocycles. The second-order valence-electron chi connectivity index (χ2n) is 7.99. The number of nitrogens with one attached hydrogen (secondary N) is 1. The fraction of sp³-hybridized carbons (Fsp3) is 0.192. The molecule has 3 aromatic carbocycles. The summed E-state index contributed by atoms with van der Waals surface area (Å²) >= 11 is 3.54. The summed E-state index contributed by atoms with van der Waals surface area (Å²) in [7, 11) is 4.57. The minimum atomic E-state index is -0.696. The highest BCUT2D eigenvalue weighted by molar-refractivity contribution is 9.10. The maximum atomic E-state index is 14.1. The van der Waals surface area contributed by atoms with Crippen molar-refractivity contribution in [3.05, 3.63) is 87.1 Å². The molecule has 0 radical (unpaired) electrons. The van der Waals surface area contributed by atoms with Crippen molar-refractivity contribution < 1.29 is 18.7 Å². The molecule has 1 aromatic heterocycles. The van der Waals surface area contributed by atoms with Crippen LogP contribution < -0.4 is 20.3 Å². The van der Waals surface area contributed by atoms with Crippen molar-refractivity contribution >= 4 is 38.6 Å². The van der Waals surface area contributed by atoms with Crippen molar-refractivity contribution in [3.63, 3.8) is 0 Å². The molecule has 0 bridgehead atoms. The van der Waals surface area contributed by atoms with Crippen LogP contribution in [0.3, 0.4) is 0 Å². The molecule has 10 heteroatoms. The predicted octanol–water partition coefficient (Wildman–Crippen LogP) is 5.53. The third-order valence-electron chi connectivity index (χ3n) is 5.88. The molecule has 1 N–H and O–H groups in total. The van der Waals surface area contributed by atoms with E-state index in [0.29, 0.717) is 38.4 Å². The van der Waals surface area contributed by atoms with Gasteiger partial charge in [-0.1, -0.05) is 24.3 Å². The van der Waals surface area contributed by atoms with Gasteiger partial charge in [0.15, 0.2) is 0 Å². The van der Waals surface area contributed by atoms with Crippen molar-refractivity contribution in [2.24, 2.45) is 0 Å². The number of nitrogens with zero attached hydrogens (tertiary/aromatic N) is 3. The first-order valence-corrected chi connectivity index (χ1v) is 11.8. The van der Waals surface area contributed by atoms with Crippen molar-refractivity contribution in [1.82, 2.24) is 14.5 Å². The lowest BCUT2D eigenvalue weighted by Gasteiger charge is -2.27. The van der Waals surface area contributed by atoms with Crippen molar-refractivity contribution in [2.45, 2.75) is 13.0 Å². The van der Waals surface area contributed by atoms with Crippen molar-refractivity contribution in [3.8, 4) is 17.2 Å². The normalized spacial score (nSPS) is 11.7. The number of para-hydroxylation sites is 2. The van der Waals surface area contributed by atoms with Gasteiger partial charge in [0.25, 0.3) is 5.56 Å². The SMILES string of the molecule is COc1cc(OC)c(Br)c(-n2c(C(C)N(C)C(=O)Nc3ccccc3F)nc3ccccc3c2=O)c1. The lowest BCUT2D eigenvalue weighted by atomic mass is 10.2. The fourth-order valence-electron chi connectivity index (χ4n) is 3.77. The highest BCUT2D eigenvalue weighted by Crippen LogP contribution is 2.36. The summed E-state index contributed by atoms with van der Waals surface area (Å²) in [6, 6.07) is 15.0. The number of aromatic nitrogens is 2. The van der Waals surface area contributed by atoms with Crippen LogP contribution in [0.4, 0.5) is 14.9 Å². The van der Waals surface area contributed by atoms with Gasteiger partial charge in [-0.15, -0.1) is 0 Å². The number of amides is 2. The quantitative estimate of drug-likeness (QED) is 0.338. The van der Waals surface area contributed by atoms with E-state index in [1.807, 2.05) is 0 Å². The maximum absolute atomic E-state index is 14.1. The molecule has 186 valence electrons. The molecule has 0 fully saturated rings. The van der Waals surface area contributed by atoms with Crippen LogP contribution in [0.15, 0.2) is 69.9 Å². The minimum absolute atomic E-state index is 0.0469. The molecule has 0 aliphatic carbocycles. The monoisotopic (exact) mass is 554 g/mol. The first-order chi connectivity index (χ1) is 17.3. The van der Waals surface area contributed by atoms with E-state index in [2.05, 4.69) is 21.2 Å². The standard InChI is InChI=1S/C26H24BrFN4O4/c1-15(31(2)26(34)30-20-12-8-6-10-18(20)28)24-29-19-11-7-5-9-17(19)25(33)32(24)21-13-16(35-3)14-22(36-4)23(21)27/h5-15H,1-4H3,(H,30,34). The molecule has 36 heavy (non-hydrogen) atoms. The van der Waals surface area contributed by atoms with Gasteiger partial charge in [0, 0.05) is 19.2 Å². The number of carbonyl (C=O) groups is 1. The van der Waals surface area contributed by atoms with Crippen LogP contribution in [0.2, 0.25) is 0 Å². The second kappa shape index (κ2) is 10.4. The average molecular weight is 555 g/mol. The van der Waals surface area contributed by atoms with Gasteiger partial charge in [-0.25, -0.2) is 14.2 Å². The number of fused-ring (bicyclic) bond motifs is 1. The Labute approximate surface area is 215 Å². The Morgan fingerprint density at radius 1 is 1.11 bits per heavy atom. The van der Waals surface area contributed by atoms with Crippen LogP contribution in [-0.4, -0.2) is 41.7 Å². The molecule has 4 rings (SSSR count). The Morgan fingerprint density at radius 3 is 2.50 bits per heavy atom. The maximum Gasteiger partial charge on any atom is 0.322 e. The Morgan fingerprint density at radius 2 is 1.81 bits per heavy atom. The second-order valence-corrected chi connectivity index (χ2v) is 8.78. The number of halogens is 2. The molecule has 0 saturated carbocycles. The highest BCUT2D eigenvalue weighted by Gasteiger charge is 2.26. The van der Waals surface area contributed by atoms with Gasteiger partial charge in [-0.05, 0) is 47.1 Å². The molecule has 0 aliphatic heterocycles. The van der Waals surface area contributed by atoms with Crippen LogP contribution in [0, 0.1) is 5.82 Å². The molecule has 1 unspecified atom stereocenters. The summed E-state index contributed by atoms with van der Waals surface area (Å²) in [5.41, 5.74) is 0.626. The van der Waals surface area contributed by atoms with Gasteiger partial charge >= 0.3 is 6.03 Å². The molecule has 1 atom stereocenters. The van der Waals surface area contributed by atoms with E-state index in [0.717, 1.165) is 0 Å². The van der Waals surface area contributed by atoms with E-state index < -0.39 is 17.9 Å². The average Bonchev–Trinajstić information content (AvgIpc) is 2.89. The molecule has 0 aliphatic rings. The zero-order valence-corrected chi connectivity index (χ0v) is 21.7. The van der Waals surface area contributed by atoms with Gasteiger partial charge in [-0.3, -0.25) is 9.36 Å². The molecule has 4 aromatic rings. The first kappa shape index (κ1) is 25.2. The van der Waals surface area contributed by atoms with E-state index in [1.54, 1.807) is 56.4 Å². The zero-order chi connectivity index (χ0) is 26.0. The molecule has 2 amide bonds. The topological polar surface area (TPSA) is 85.7 Å². The number of carbonyl (C=O) groups excluding carboxylic acids is 1. The summed E-state index contributed by atoms with van der Waals surface area (Å²) in [6.45, 7) is 1.74. The van der Waals surface area contributed by atoms with E-state index in [-0.39, 0.29) is 11.2 Å². The van der Waals surface area contributed by atoms with Crippen LogP contribution in [0.5, 0.6) is 11.5 Å².